The summed E-state index contributed by atoms with van der Waals surface area (Å²) in [5.41, 5.74) is 0.597. The van der Waals surface area contributed by atoms with Gasteiger partial charge in [-0.1, -0.05) is 0 Å². The van der Waals surface area contributed by atoms with Crippen molar-refractivity contribution >= 4 is 33.3 Å². The Labute approximate surface area is 138 Å². The average Bonchev–Trinajstić information content (AvgIpc) is 3.20. The number of nitrogens with zero attached hydrogens (tertiary/aromatic N) is 1. The Kier molecular flexibility index (Phi) is 4.93. The summed E-state index contributed by atoms with van der Waals surface area (Å²) in [5.74, 6) is -1.03. The zero-order valence-corrected chi connectivity index (χ0v) is 13.6. The second-order valence-corrected chi connectivity index (χ2v) is 6.65. The van der Waals surface area contributed by atoms with Crippen molar-refractivity contribution in [1.82, 2.24) is 4.90 Å². The molecule has 2 aromatic rings. The van der Waals surface area contributed by atoms with Crippen LogP contribution in [0.5, 0.6) is 0 Å². The fourth-order valence-corrected chi connectivity index (χ4v) is 3.59. The molecule has 6 heteroatoms. The Hall–Kier alpha value is -1.92. The van der Waals surface area contributed by atoms with Crippen LogP contribution in [0.1, 0.15) is 29.6 Å². The summed E-state index contributed by atoms with van der Waals surface area (Å²) in [4.78, 5) is 25.3. The van der Waals surface area contributed by atoms with Gasteiger partial charge in [0.05, 0.1) is 12.5 Å². The van der Waals surface area contributed by atoms with Crippen molar-refractivity contribution in [1.29, 1.82) is 0 Å². The molecular weight excluding hydrogens is 314 g/mol. The number of amides is 1. The van der Waals surface area contributed by atoms with Gasteiger partial charge >= 0.3 is 5.97 Å². The second kappa shape index (κ2) is 7.10. The molecule has 5 nitrogen and oxygen atoms in total. The molecule has 122 valence electrons. The van der Waals surface area contributed by atoms with Crippen LogP contribution in [0.15, 0.2) is 29.6 Å². The maximum absolute atomic E-state index is 12.8. The molecule has 1 amide bonds. The minimum Gasteiger partial charge on any atom is -0.481 e. The topological polar surface area (TPSA) is 66.8 Å². The van der Waals surface area contributed by atoms with E-state index in [0.29, 0.717) is 18.7 Å². The van der Waals surface area contributed by atoms with E-state index in [4.69, 9.17) is 9.84 Å². The number of aliphatic carboxylic acids is 1. The molecular formula is C17H19NO4S. The molecule has 1 fully saturated rings. The van der Waals surface area contributed by atoms with Crippen molar-refractivity contribution in [2.24, 2.45) is 0 Å². The van der Waals surface area contributed by atoms with Crippen LogP contribution in [0.4, 0.5) is 0 Å². The minimum atomic E-state index is -0.900. The molecule has 3 rings (SSSR count). The lowest BCUT2D eigenvalue weighted by Gasteiger charge is -2.25. The van der Waals surface area contributed by atoms with Crippen LogP contribution < -0.4 is 0 Å². The third-order valence-electron chi connectivity index (χ3n) is 4.03. The molecule has 0 saturated carbocycles. The molecule has 1 saturated heterocycles. The predicted octanol–water partition coefficient (Wildman–Crippen LogP) is 3.00. The molecule has 1 N–H and O–H groups in total. The van der Waals surface area contributed by atoms with Gasteiger partial charge in [-0.2, -0.15) is 0 Å². The molecule has 0 aliphatic carbocycles. The van der Waals surface area contributed by atoms with Gasteiger partial charge in [-0.25, -0.2) is 0 Å². The van der Waals surface area contributed by atoms with Crippen LogP contribution in [0, 0.1) is 0 Å². The molecule has 2 heterocycles. The van der Waals surface area contributed by atoms with Crippen LogP contribution >= 0.6 is 11.3 Å². The number of carboxylic acid groups (broad SMARTS) is 1. The maximum Gasteiger partial charge on any atom is 0.305 e. The van der Waals surface area contributed by atoms with Gasteiger partial charge in [0.25, 0.3) is 5.91 Å². The SMILES string of the molecule is O=C(O)CCN(CC1CCCO1)C(=O)c1ccc2sccc2c1. The maximum atomic E-state index is 12.8. The Morgan fingerprint density at radius 1 is 1.35 bits per heavy atom. The molecule has 1 aromatic carbocycles. The fourth-order valence-electron chi connectivity index (χ4n) is 2.82. The number of carbonyl (C=O) groups is 2. The van der Waals surface area contributed by atoms with E-state index in [9.17, 15) is 9.59 Å². The highest BCUT2D eigenvalue weighted by Gasteiger charge is 2.24. The van der Waals surface area contributed by atoms with Crippen molar-refractivity contribution in [2.45, 2.75) is 25.4 Å². The Bertz CT molecular complexity index is 705. The van der Waals surface area contributed by atoms with Gasteiger partial charge in [0.15, 0.2) is 0 Å². The Morgan fingerprint density at radius 3 is 2.96 bits per heavy atom. The lowest BCUT2D eigenvalue weighted by atomic mass is 10.1. The quantitative estimate of drug-likeness (QED) is 0.882. The Balaban J connectivity index is 1.77. The summed E-state index contributed by atoms with van der Waals surface area (Å²) < 4.78 is 6.73. The summed E-state index contributed by atoms with van der Waals surface area (Å²) in [6.45, 7) is 1.37. The third kappa shape index (κ3) is 3.89. The average molecular weight is 333 g/mol. The first-order valence-corrected chi connectivity index (χ1v) is 8.61. The van der Waals surface area contributed by atoms with Crippen LogP contribution in [-0.2, 0) is 9.53 Å². The summed E-state index contributed by atoms with van der Waals surface area (Å²) in [5, 5.41) is 12.0. The summed E-state index contributed by atoms with van der Waals surface area (Å²) in [6.07, 6.45) is 1.86. The first-order chi connectivity index (χ1) is 11.1. The van der Waals surface area contributed by atoms with E-state index in [1.54, 1.807) is 16.2 Å². The monoisotopic (exact) mass is 333 g/mol. The molecule has 1 aliphatic rings. The first-order valence-electron chi connectivity index (χ1n) is 7.73. The second-order valence-electron chi connectivity index (χ2n) is 5.70. The van der Waals surface area contributed by atoms with Crippen molar-refractivity contribution < 1.29 is 19.4 Å². The zero-order chi connectivity index (χ0) is 16.2. The van der Waals surface area contributed by atoms with Crippen LogP contribution in [-0.4, -0.2) is 47.7 Å². The third-order valence-corrected chi connectivity index (χ3v) is 4.93. The zero-order valence-electron chi connectivity index (χ0n) is 12.7. The number of carboxylic acids is 1. The molecule has 1 aromatic heterocycles. The van der Waals surface area contributed by atoms with Gasteiger partial charge in [0.1, 0.15) is 0 Å². The highest BCUT2D eigenvalue weighted by molar-refractivity contribution is 7.17. The van der Waals surface area contributed by atoms with Gasteiger partial charge in [0, 0.05) is 30.0 Å². The van der Waals surface area contributed by atoms with Crippen molar-refractivity contribution in [3.63, 3.8) is 0 Å². The fraction of sp³-hybridized carbons (Fsp3) is 0.412. The first kappa shape index (κ1) is 16.0. The van der Waals surface area contributed by atoms with E-state index in [-0.39, 0.29) is 25.0 Å². The van der Waals surface area contributed by atoms with E-state index in [2.05, 4.69) is 0 Å². The number of fused-ring (bicyclic) bond motifs is 1. The smallest absolute Gasteiger partial charge is 0.305 e. The molecule has 0 radical (unpaired) electrons. The molecule has 1 atom stereocenters. The lowest BCUT2D eigenvalue weighted by molar-refractivity contribution is -0.137. The lowest BCUT2D eigenvalue weighted by Crippen LogP contribution is -2.38. The normalized spacial score (nSPS) is 17.5. The molecule has 0 bridgehead atoms. The van der Waals surface area contributed by atoms with Gasteiger partial charge < -0.3 is 14.7 Å². The van der Waals surface area contributed by atoms with Crippen LogP contribution in [0.2, 0.25) is 0 Å². The van der Waals surface area contributed by atoms with E-state index >= 15 is 0 Å². The summed E-state index contributed by atoms with van der Waals surface area (Å²) in [6, 6.07) is 7.61. The molecule has 0 spiro atoms. The number of thiophene rings is 1. The van der Waals surface area contributed by atoms with Crippen LogP contribution in [0.25, 0.3) is 10.1 Å². The molecule has 1 aliphatic heterocycles. The number of hydrogen-bond donors (Lipinski definition) is 1. The van der Waals surface area contributed by atoms with Crippen LogP contribution in [0.3, 0.4) is 0 Å². The Morgan fingerprint density at radius 2 is 2.22 bits per heavy atom. The molecule has 1 unspecified atom stereocenters. The molecule has 23 heavy (non-hydrogen) atoms. The predicted molar refractivity (Wildman–Crippen MR) is 89.0 cm³/mol. The van der Waals surface area contributed by atoms with Gasteiger partial charge in [0.2, 0.25) is 0 Å². The highest BCUT2D eigenvalue weighted by Crippen LogP contribution is 2.23. The van der Waals surface area contributed by atoms with Crippen molar-refractivity contribution in [2.75, 3.05) is 19.7 Å². The van der Waals surface area contributed by atoms with Crippen molar-refractivity contribution in [3.05, 3.63) is 35.2 Å². The summed E-state index contributed by atoms with van der Waals surface area (Å²) in [7, 11) is 0. The highest BCUT2D eigenvalue weighted by atomic mass is 32.1. The van der Waals surface area contributed by atoms with E-state index in [1.807, 2.05) is 29.6 Å². The standard InChI is InChI=1S/C17H19NO4S/c19-16(20)5-7-18(11-14-2-1-8-22-14)17(21)13-3-4-15-12(10-13)6-9-23-15/h3-4,6,9-10,14H,1-2,5,7-8,11H2,(H,19,20). The van der Waals surface area contributed by atoms with Gasteiger partial charge in [-0.15, -0.1) is 11.3 Å². The number of hydrogen-bond acceptors (Lipinski definition) is 4. The van der Waals surface area contributed by atoms with E-state index < -0.39 is 5.97 Å². The number of ether oxygens (including phenoxy) is 1. The van der Waals surface area contributed by atoms with E-state index in [1.165, 1.54) is 0 Å². The van der Waals surface area contributed by atoms with Gasteiger partial charge in [-0.05, 0) is 47.9 Å². The largest absolute Gasteiger partial charge is 0.481 e. The van der Waals surface area contributed by atoms with E-state index in [0.717, 1.165) is 22.9 Å². The van der Waals surface area contributed by atoms with Gasteiger partial charge in [-0.3, -0.25) is 9.59 Å². The minimum absolute atomic E-state index is 0.0117. The number of rotatable bonds is 6. The van der Waals surface area contributed by atoms with Crippen molar-refractivity contribution in [3.8, 4) is 0 Å². The number of carbonyl (C=O) groups excluding carboxylic acids is 1. The summed E-state index contributed by atoms with van der Waals surface area (Å²) >= 11 is 1.63. The number of benzene rings is 1.